The molecule has 0 spiro atoms. The van der Waals surface area contributed by atoms with Crippen molar-refractivity contribution in [2.24, 2.45) is 0 Å². The predicted molar refractivity (Wildman–Crippen MR) is 83.5 cm³/mol. The first-order chi connectivity index (χ1) is 9.60. The second-order valence-electron chi connectivity index (χ2n) is 4.87. The molecule has 3 heteroatoms. The molecule has 0 saturated carbocycles. The number of rotatable bonds is 11. The van der Waals surface area contributed by atoms with Gasteiger partial charge in [0, 0.05) is 0 Å². The van der Waals surface area contributed by atoms with Crippen LogP contribution in [0.4, 0.5) is 0 Å². The average Bonchev–Trinajstić information content (AvgIpc) is 2.46. The molecule has 114 valence electrons. The molecule has 20 heavy (non-hydrogen) atoms. The number of ketones is 1. The van der Waals surface area contributed by atoms with Crippen LogP contribution in [0.25, 0.3) is 0 Å². The molecular weight excluding hydrogens is 252 g/mol. The number of allylic oxidation sites excluding steroid dienone is 6. The summed E-state index contributed by atoms with van der Waals surface area (Å²) in [5.41, 5.74) is 0. The first-order valence-corrected chi connectivity index (χ1v) is 7.49. The molecule has 0 rings (SSSR count). The molecule has 0 amide bonds. The molecule has 0 aliphatic carbocycles. The second-order valence-corrected chi connectivity index (χ2v) is 4.87. The van der Waals surface area contributed by atoms with Crippen molar-refractivity contribution in [3.05, 3.63) is 36.5 Å². The van der Waals surface area contributed by atoms with Crippen molar-refractivity contribution >= 4 is 5.78 Å². The molecule has 0 aromatic rings. The maximum atomic E-state index is 11.4. The van der Waals surface area contributed by atoms with E-state index in [1.807, 2.05) is 26.0 Å². The molecule has 0 aromatic carbocycles. The van der Waals surface area contributed by atoms with Crippen molar-refractivity contribution < 1.29 is 15.0 Å². The highest BCUT2D eigenvalue weighted by molar-refractivity contribution is 5.99. The van der Waals surface area contributed by atoms with E-state index in [1.165, 1.54) is 12.2 Å². The summed E-state index contributed by atoms with van der Waals surface area (Å²) in [4.78, 5) is 11.4. The lowest BCUT2D eigenvalue weighted by Gasteiger charge is -2.03. The van der Waals surface area contributed by atoms with Gasteiger partial charge in [0.2, 0.25) is 0 Å². The van der Waals surface area contributed by atoms with Crippen molar-refractivity contribution in [3.8, 4) is 0 Å². The van der Waals surface area contributed by atoms with Crippen LogP contribution in [0.2, 0.25) is 0 Å². The SMILES string of the molecule is CCC(O)CCC=CC=CC(=O)C=CCCC(O)CC. The highest BCUT2D eigenvalue weighted by Crippen LogP contribution is 2.02. The minimum absolute atomic E-state index is 0.0470. The lowest BCUT2D eigenvalue weighted by molar-refractivity contribution is -0.110. The Kier molecular flexibility index (Phi) is 12.1. The van der Waals surface area contributed by atoms with E-state index in [1.54, 1.807) is 12.2 Å². The van der Waals surface area contributed by atoms with E-state index in [0.29, 0.717) is 6.42 Å². The summed E-state index contributed by atoms with van der Waals surface area (Å²) in [6.45, 7) is 3.90. The molecule has 2 N–H and O–H groups in total. The number of hydrogen-bond donors (Lipinski definition) is 2. The monoisotopic (exact) mass is 280 g/mol. The fourth-order valence-corrected chi connectivity index (χ4v) is 1.57. The van der Waals surface area contributed by atoms with Crippen LogP contribution in [0.15, 0.2) is 36.5 Å². The third kappa shape index (κ3) is 11.9. The number of carbonyl (C=O) groups excluding carboxylic acids is 1. The van der Waals surface area contributed by atoms with Gasteiger partial charge in [-0.15, -0.1) is 0 Å². The molecule has 0 aliphatic heterocycles. The summed E-state index contributed by atoms with van der Waals surface area (Å²) in [5, 5.41) is 18.7. The fourth-order valence-electron chi connectivity index (χ4n) is 1.57. The summed E-state index contributed by atoms with van der Waals surface area (Å²) >= 11 is 0. The van der Waals surface area contributed by atoms with E-state index >= 15 is 0 Å². The number of aliphatic hydroxyl groups is 2. The Labute approximate surface area is 122 Å². The first-order valence-electron chi connectivity index (χ1n) is 7.49. The molecule has 0 radical (unpaired) electrons. The summed E-state index contributed by atoms with van der Waals surface area (Å²) in [7, 11) is 0. The van der Waals surface area contributed by atoms with Crippen LogP contribution < -0.4 is 0 Å². The zero-order chi connectivity index (χ0) is 15.2. The Hall–Kier alpha value is -1.19. The summed E-state index contributed by atoms with van der Waals surface area (Å²) in [6, 6.07) is 0. The van der Waals surface area contributed by atoms with E-state index in [2.05, 4.69) is 0 Å². The summed E-state index contributed by atoms with van der Waals surface area (Å²) in [6.07, 6.45) is 14.4. The van der Waals surface area contributed by atoms with Crippen molar-refractivity contribution in [2.45, 2.75) is 64.6 Å². The van der Waals surface area contributed by atoms with Crippen LogP contribution in [-0.4, -0.2) is 28.2 Å². The largest absolute Gasteiger partial charge is 0.393 e. The van der Waals surface area contributed by atoms with Gasteiger partial charge in [0.25, 0.3) is 0 Å². The maximum Gasteiger partial charge on any atom is 0.178 e. The number of aliphatic hydroxyl groups excluding tert-OH is 2. The van der Waals surface area contributed by atoms with Gasteiger partial charge in [0.05, 0.1) is 12.2 Å². The van der Waals surface area contributed by atoms with Gasteiger partial charge in [-0.3, -0.25) is 4.79 Å². The van der Waals surface area contributed by atoms with Gasteiger partial charge < -0.3 is 10.2 Å². The van der Waals surface area contributed by atoms with Gasteiger partial charge >= 0.3 is 0 Å². The minimum Gasteiger partial charge on any atom is -0.393 e. The van der Waals surface area contributed by atoms with Gasteiger partial charge in [-0.2, -0.15) is 0 Å². The average molecular weight is 280 g/mol. The third-order valence-electron chi connectivity index (χ3n) is 3.07. The quantitative estimate of drug-likeness (QED) is 0.451. The molecule has 0 saturated heterocycles. The Morgan fingerprint density at radius 2 is 1.45 bits per heavy atom. The Bertz CT molecular complexity index is 329. The molecule has 2 atom stereocenters. The zero-order valence-electron chi connectivity index (χ0n) is 12.7. The van der Waals surface area contributed by atoms with Crippen LogP contribution >= 0.6 is 0 Å². The number of carbonyl (C=O) groups is 1. The first kappa shape index (κ1) is 18.8. The highest BCUT2D eigenvalue weighted by Gasteiger charge is 1.97. The van der Waals surface area contributed by atoms with Crippen molar-refractivity contribution in [1.29, 1.82) is 0 Å². The smallest absolute Gasteiger partial charge is 0.178 e. The molecule has 0 aromatic heterocycles. The highest BCUT2D eigenvalue weighted by atomic mass is 16.3. The second kappa shape index (κ2) is 12.8. The van der Waals surface area contributed by atoms with Crippen molar-refractivity contribution in [2.75, 3.05) is 0 Å². The van der Waals surface area contributed by atoms with Crippen LogP contribution in [0, 0.1) is 0 Å². The van der Waals surface area contributed by atoms with Crippen LogP contribution in [0.1, 0.15) is 52.4 Å². The normalized spacial score (nSPS) is 15.4. The minimum atomic E-state index is -0.272. The lowest BCUT2D eigenvalue weighted by Crippen LogP contribution is -2.02. The Morgan fingerprint density at radius 1 is 0.900 bits per heavy atom. The molecule has 0 heterocycles. The van der Waals surface area contributed by atoms with Gasteiger partial charge in [-0.05, 0) is 50.7 Å². The van der Waals surface area contributed by atoms with Gasteiger partial charge in [0.15, 0.2) is 5.78 Å². The third-order valence-corrected chi connectivity index (χ3v) is 3.07. The van der Waals surface area contributed by atoms with Crippen LogP contribution in [-0.2, 0) is 4.79 Å². The Balaban J connectivity index is 3.77. The van der Waals surface area contributed by atoms with E-state index < -0.39 is 0 Å². The van der Waals surface area contributed by atoms with Gasteiger partial charge in [-0.1, -0.05) is 38.2 Å². The standard InChI is InChI=1S/C17H28O3/c1-3-15(18)11-7-5-6-8-13-17(20)14-10-9-12-16(19)4-2/h5-6,8,10,13-16,18-19H,3-4,7,9,11-12H2,1-2H3. The van der Waals surface area contributed by atoms with Crippen molar-refractivity contribution in [3.63, 3.8) is 0 Å². The van der Waals surface area contributed by atoms with E-state index in [-0.39, 0.29) is 18.0 Å². The molecular formula is C17H28O3. The van der Waals surface area contributed by atoms with Crippen LogP contribution in [0.3, 0.4) is 0 Å². The molecule has 0 fully saturated rings. The lowest BCUT2D eigenvalue weighted by atomic mass is 10.1. The van der Waals surface area contributed by atoms with E-state index in [4.69, 9.17) is 0 Å². The van der Waals surface area contributed by atoms with Crippen LogP contribution in [0.5, 0.6) is 0 Å². The summed E-state index contributed by atoms with van der Waals surface area (Å²) in [5.74, 6) is -0.0470. The maximum absolute atomic E-state index is 11.4. The molecule has 2 unspecified atom stereocenters. The van der Waals surface area contributed by atoms with Gasteiger partial charge in [-0.25, -0.2) is 0 Å². The molecule has 0 bridgehead atoms. The zero-order valence-corrected chi connectivity index (χ0v) is 12.7. The van der Waals surface area contributed by atoms with Crippen molar-refractivity contribution in [1.82, 2.24) is 0 Å². The van der Waals surface area contributed by atoms with Gasteiger partial charge in [0.1, 0.15) is 0 Å². The number of hydrogen-bond acceptors (Lipinski definition) is 3. The fraction of sp³-hybridized carbons (Fsp3) is 0.588. The molecule has 3 nitrogen and oxygen atoms in total. The van der Waals surface area contributed by atoms with E-state index in [0.717, 1.165) is 32.1 Å². The summed E-state index contributed by atoms with van der Waals surface area (Å²) < 4.78 is 0. The Morgan fingerprint density at radius 3 is 2.00 bits per heavy atom. The molecule has 0 aliphatic rings. The van der Waals surface area contributed by atoms with E-state index in [9.17, 15) is 15.0 Å². The predicted octanol–water partition coefficient (Wildman–Crippen LogP) is 3.33. The topological polar surface area (TPSA) is 57.5 Å².